The van der Waals surface area contributed by atoms with Crippen molar-refractivity contribution in [3.05, 3.63) is 60.1 Å². The second kappa shape index (κ2) is 11.2. The minimum atomic E-state index is -1.33. The third kappa shape index (κ3) is 4.81. The van der Waals surface area contributed by atoms with Crippen LogP contribution in [0.15, 0.2) is 63.1 Å². The van der Waals surface area contributed by atoms with Crippen LogP contribution in [0.5, 0.6) is 0 Å². The summed E-state index contributed by atoms with van der Waals surface area (Å²) in [6.07, 6.45) is 7.85. The van der Waals surface area contributed by atoms with Gasteiger partial charge in [-0.2, -0.15) is 0 Å². The lowest BCUT2D eigenvalue weighted by atomic mass is 9.45. The number of aliphatic hydroxyl groups is 1. The largest absolute Gasteiger partial charge is 0.469 e. The summed E-state index contributed by atoms with van der Waals surface area (Å²) in [5.74, 6) is 0.846. The summed E-state index contributed by atoms with van der Waals surface area (Å²) < 4.78 is 13.7. The number of hydrogen-bond donors (Lipinski definition) is 1. The van der Waals surface area contributed by atoms with E-state index in [1.54, 1.807) is 23.7 Å². The first-order valence-electron chi connectivity index (χ1n) is 15.8. The van der Waals surface area contributed by atoms with E-state index in [2.05, 4.69) is 13.8 Å². The molecule has 0 spiro atoms. The van der Waals surface area contributed by atoms with Gasteiger partial charge in [-0.1, -0.05) is 43.3 Å². The summed E-state index contributed by atoms with van der Waals surface area (Å²) in [6, 6.07) is 11.6. The van der Waals surface area contributed by atoms with Gasteiger partial charge < -0.3 is 14.3 Å². The highest BCUT2D eigenvalue weighted by atomic mass is 32.2. The zero-order chi connectivity index (χ0) is 30.7. The second-order valence-corrected chi connectivity index (χ2v) is 15.9. The number of thiazole rings is 1. The fourth-order valence-corrected chi connectivity index (χ4v) is 11.5. The Balaban J connectivity index is 1.19. The molecular formula is C35H39NO6S2. The summed E-state index contributed by atoms with van der Waals surface area (Å²) in [5.41, 5.74) is -0.178. The highest BCUT2D eigenvalue weighted by Gasteiger charge is 2.70. The van der Waals surface area contributed by atoms with Crippen LogP contribution in [0, 0.1) is 28.6 Å². The molecule has 0 amide bonds. The average molecular weight is 634 g/mol. The number of furan rings is 1. The van der Waals surface area contributed by atoms with Gasteiger partial charge >= 0.3 is 5.97 Å². The van der Waals surface area contributed by atoms with Gasteiger partial charge in [-0.15, -0.1) is 11.3 Å². The average Bonchev–Trinajstić information content (AvgIpc) is 3.73. The van der Waals surface area contributed by atoms with Crippen molar-refractivity contribution in [2.45, 2.75) is 87.7 Å². The Morgan fingerprint density at radius 3 is 2.77 bits per heavy atom. The zero-order valence-electron chi connectivity index (χ0n) is 25.3. The van der Waals surface area contributed by atoms with Gasteiger partial charge in [0.25, 0.3) is 0 Å². The Bertz CT molecular complexity index is 1600. The summed E-state index contributed by atoms with van der Waals surface area (Å²) in [6.45, 7) is 4.31. The van der Waals surface area contributed by atoms with Crippen LogP contribution in [-0.4, -0.2) is 45.1 Å². The van der Waals surface area contributed by atoms with Crippen LogP contribution >= 0.6 is 23.1 Å². The van der Waals surface area contributed by atoms with E-state index in [-0.39, 0.29) is 46.9 Å². The highest BCUT2D eigenvalue weighted by Crippen LogP contribution is 2.68. The van der Waals surface area contributed by atoms with E-state index in [9.17, 15) is 19.5 Å². The predicted molar refractivity (Wildman–Crippen MR) is 169 cm³/mol. The van der Waals surface area contributed by atoms with Gasteiger partial charge in [-0.3, -0.25) is 14.4 Å². The lowest BCUT2D eigenvalue weighted by molar-refractivity contribution is -0.200. The number of benzene rings is 1. The number of esters is 1. The molecule has 4 aliphatic carbocycles. The van der Waals surface area contributed by atoms with Gasteiger partial charge in [0.2, 0.25) is 0 Å². The van der Waals surface area contributed by atoms with Gasteiger partial charge in [-0.05, 0) is 92.0 Å². The molecule has 2 aromatic heterocycles. The second-order valence-electron chi connectivity index (χ2n) is 13.7. The van der Waals surface area contributed by atoms with E-state index >= 15 is 0 Å². The van der Waals surface area contributed by atoms with Crippen LogP contribution in [0.1, 0.15) is 71.0 Å². The van der Waals surface area contributed by atoms with Gasteiger partial charge in [0, 0.05) is 18.3 Å². The smallest absolute Gasteiger partial charge is 0.307 e. The molecule has 7 nitrogen and oxygen atoms in total. The van der Waals surface area contributed by atoms with Crippen molar-refractivity contribution in [1.82, 2.24) is 4.98 Å². The number of rotatable bonds is 8. The molecule has 0 bridgehead atoms. The first kappa shape index (κ1) is 29.9. The molecular weight excluding hydrogens is 595 g/mol. The zero-order valence-corrected chi connectivity index (χ0v) is 26.9. The van der Waals surface area contributed by atoms with Crippen LogP contribution in [-0.2, 0) is 25.5 Å². The maximum absolute atomic E-state index is 14.5. The molecule has 4 aliphatic rings. The fraction of sp³-hybridized carbons (Fsp3) is 0.543. The van der Waals surface area contributed by atoms with Crippen molar-refractivity contribution in [1.29, 1.82) is 0 Å². The van der Waals surface area contributed by atoms with Crippen LogP contribution in [0.2, 0.25) is 0 Å². The molecule has 7 rings (SSSR count). The fourth-order valence-electron chi connectivity index (χ4n) is 9.44. The van der Waals surface area contributed by atoms with E-state index in [1.165, 1.54) is 17.3 Å². The number of hydrogen-bond acceptors (Lipinski definition) is 9. The lowest BCUT2D eigenvalue weighted by Gasteiger charge is -2.60. The van der Waals surface area contributed by atoms with Crippen molar-refractivity contribution >= 4 is 50.9 Å². The summed E-state index contributed by atoms with van der Waals surface area (Å²) >= 11 is 2.96. The Morgan fingerprint density at radius 1 is 1.14 bits per heavy atom. The SMILES string of the molecule is CC12CCC(=O)C=C1CCC1C2C(O)CC2(C)C1CC[C@]2(OC(=O)CCc1ccco1)C(=O)CSc1nc2ccccc2s1. The third-order valence-electron chi connectivity index (χ3n) is 11.5. The number of para-hydroxylation sites is 1. The van der Waals surface area contributed by atoms with Crippen LogP contribution in [0.25, 0.3) is 10.2 Å². The molecule has 232 valence electrons. The highest BCUT2D eigenvalue weighted by molar-refractivity contribution is 8.01. The summed E-state index contributed by atoms with van der Waals surface area (Å²) in [4.78, 5) is 45.0. The Morgan fingerprint density at radius 2 is 1.98 bits per heavy atom. The standard InChI is InChI=1S/C35H39NO6S2/c1-33-15-13-22(37)18-21(33)9-11-24-25-14-16-35(34(25,2)19-27(38)31(24)33,42-30(40)12-10-23-6-5-17-41-23)29(39)20-43-32-36-26-7-3-4-8-28(26)44-32/h3-8,17-18,24-25,27,31,38H,9-16,19-20H2,1-2H3/t24?,25?,27?,31?,33?,34?,35-/m0/s1. The molecule has 44 heavy (non-hydrogen) atoms. The summed E-state index contributed by atoms with van der Waals surface area (Å²) in [7, 11) is 0. The number of Topliss-reactive ketones (excluding diaryl/α,β-unsaturated/α-hetero) is 1. The number of aliphatic hydroxyl groups excluding tert-OH is 1. The number of ketones is 2. The minimum absolute atomic E-state index is 0.0198. The van der Waals surface area contributed by atoms with Crippen LogP contribution < -0.4 is 0 Å². The van der Waals surface area contributed by atoms with E-state index in [1.807, 2.05) is 36.4 Å². The van der Waals surface area contributed by atoms with Crippen molar-refractivity contribution in [2.75, 3.05) is 5.75 Å². The molecule has 3 saturated carbocycles. The van der Waals surface area contributed by atoms with Crippen LogP contribution in [0.4, 0.5) is 0 Å². The van der Waals surface area contributed by atoms with E-state index < -0.39 is 23.1 Å². The molecule has 1 N–H and O–H groups in total. The van der Waals surface area contributed by atoms with E-state index in [0.717, 1.165) is 40.2 Å². The van der Waals surface area contributed by atoms with Gasteiger partial charge in [0.1, 0.15) is 5.76 Å². The number of nitrogens with zero attached hydrogens (tertiary/aromatic N) is 1. The first-order valence-corrected chi connectivity index (χ1v) is 17.6. The maximum Gasteiger partial charge on any atom is 0.307 e. The molecule has 0 radical (unpaired) electrons. The number of carbonyl (C=O) groups excluding carboxylic acids is 3. The van der Waals surface area contributed by atoms with E-state index in [0.29, 0.717) is 31.4 Å². The summed E-state index contributed by atoms with van der Waals surface area (Å²) in [5, 5.41) is 12.0. The number of ether oxygens (including phenoxy) is 1. The molecule has 6 unspecified atom stereocenters. The van der Waals surface area contributed by atoms with E-state index in [4.69, 9.17) is 14.1 Å². The Labute approximate surface area is 265 Å². The van der Waals surface area contributed by atoms with Crippen molar-refractivity contribution in [3.8, 4) is 0 Å². The van der Waals surface area contributed by atoms with Crippen molar-refractivity contribution < 1.29 is 28.6 Å². The molecule has 9 heteroatoms. The van der Waals surface area contributed by atoms with Gasteiger partial charge in [-0.25, -0.2) is 4.98 Å². The number of thioether (sulfide) groups is 1. The van der Waals surface area contributed by atoms with Gasteiger partial charge in [0.05, 0.1) is 34.8 Å². The predicted octanol–water partition coefficient (Wildman–Crippen LogP) is 6.97. The third-order valence-corrected chi connectivity index (χ3v) is 13.7. The molecule has 7 atom stereocenters. The molecule has 3 aromatic rings. The topological polar surface area (TPSA) is 107 Å². The number of allylic oxidation sites excluding steroid dienone is 1. The normalized spacial score (nSPS) is 34.6. The van der Waals surface area contributed by atoms with Gasteiger partial charge in [0.15, 0.2) is 21.5 Å². The first-order chi connectivity index (χ1) is 21.1. The Hall–Kier alpha value is -2.75. The van der Waals surface area contributed by atoms with Crippen LogP contribution in [0.3, 0.4) is 0 Å². The quantitative estimate of drug-likeness (QED) is 0.209. The Kier molecular flexibility index (Phi) is 7.65. The molecule has 1 aromatic carbocycles. The number of aromatic nitrogens is 1. The minimum Gasteiger partial charge on any atom is -0.469 e. The number of carbonyl (C=O) groups is 3. The molecule has 0 aliphatic heterocycles. The molecule has 3 fully saturated rings. The number of aryl methyl sites for hydroxylation is 1. The monoisotopic (exact) mass is 633 g/mol. The van der Waals surface area contributed by atoms with Crippen molar-refractivity contribution in [2.24, 2.45) is 28.6 Å². The molecule has 2 heterocycles. The lowest BCUT2D eigenvalue weighted by Crippen LogP contribution is -2.63. The molecule has 0 saturated heterocycles. The number of fused-ring (bicyclic) bond motifs is 6. The maximum atomic E-state index is 14.5. The van der Waals surface area contributed by atoms with Crippen molar-refractivity contribution in [3.63, 3.8) is 0 Å².